The number of nitrogens with two attached hydrogens (primary N) is 1. The van der Waals surface area contributed by atoms with Crippen LogP contribution in [0.2, 0.25) is 0 Å². The van der Waals surface area contributed by atoms with Gasteiger partial charge in [-0.05, 0) is 19.9 Å². The molecule has 0 saturated carbocycles. The first kappa shape index (κ1) is 18.1. The van der Waals surface area contributed by atoms with Crippen molar-refractivity contribution in [3.63, 3.8) is 0 Å². The Bertz CT molecular complexity index is 848. The fourth-order valence-electron chi connectivity index (χ4n) is 1.94. The lowest BCUT2D eigenvalue weighted by atomic mass is 10.2. The van der Waals surface area contributed by atoms with Crippen LogP contribution < -0.4 is 15.9 Å². The molecule has 1 aromatic heterocycles. The second-order valence-electron chi connectivity index (χ2n) is 4.74. The number of hydrogen-bond donors (Lipinski definition) is 3. The van der Waals surface area contributed by atoms with Gasteiger partial charge in [0.1, 0.15) is 4.88 Å². The van der Waals surface area contributed by atoms with Gasteiger partial charge in [-0.2, -0.15) is 5.10 Å². The molecular formula is C14H15N5O5S. The minimum Gasteiger partial charge on any atom is -0.500 e. The number of aromatic nitrogens is 1. The Labute approximate surface area is 146 Å². The fourth-order valence-corrected chi connectivity index (χ4v) is 2.66. The van der Waals surface area contributed by atoms with Crippen molar-refractivity contribution < 1.29 is 19.6 Å². The molecule has 2 aromatic rings. The topological polar surface area (TPSA) is 153 Å². The van der Waals surface area contributed by atoms with Crippen molar-refractivity contribution in [2.45, 2.75) is 13.8 Å². The van der Waals surface area contributed by atoms with E-state index >= 15 is 0 Å². The molecule has 4 N–H and O–H groups in total. The van der Waals surface area contributed by atoms with Crippen LogP contribution in [-0.4, -0.2) is 33.7 Å². The van der Waals surface area contributed by atoms with Crippen LogP contribution in [0, 0.1) is 17.0 Å². The minimum atomic E-state index is -0.739. The van der Waals surface area contributed by atoms with Crippen LogP contribution in [0.25, 0.3) is 0 Å². The maximum atomic E-state index is 12.0. The quantitative estimate of drug-likeness (QED) is 0.401. The normalized spacial score (nSPS) is 10.8. The van der Waals surface area contributed by atoms with E-state index in [2.05, 4.69) is 15.5 Å². The summed E-state index contributed by atoms with van der Waals surface area (Å²) in [6.45, 7) is 3.53. The number of carbonyl (C=O) groups excluding carboxylic acids is 1. The van der Waals surface area contributed by atoms with Gasteiger partial charge in [0.25, 0.3) is 5.91 Å². The van der Waals surface area contributed by atoms with Crippen LogP contribution in [0.3, 0.4) is 0 Å². The molecule has 1 amide bonds. The van der Waals surface area contributed by atoms with Gasteiger partial charge in [0.2, 0.25) is 5.75 Å². The number of hydrogen-bond acceptors (Lipinski definition) is 9. The summed E-state index contributed by atoms with van der Waals surface area (Å²) in [7, 11) is 0. The molecule has 1 heterocycles. The first-order valence-electron chi connectivity index (χ1n) is 7.04. The molecule has 0 unspecified atom stereocenters. The number of nitrogens with zero attached hydrogens (tertiary/aromatic N) is 3. The number of rotatable bonds is 6. The number of nitro benzene ring substituents is 1. The van der Waals surface area contributed by atoms with Crippen LogP contribution in [0.5, 0.6) is 11.5 Å². The van der Waals surface area contributed by atoms with Crippen molar-refractivity contribution in [1.29, 1.82) is 0 Å². The number of aryl methyl sites for hydroxylation is 1. The number of nitrogens with one attached hydrogen (secondary N) is 1. The number of phenols is 1. The van der Waals surface area contributed by atoms with Gasteiger partial charge in [0.05, 0.1) is 23.4 Å². The molecular weight excluding hydrogens is 350 g/mol. The smallest absolute Gasteiger partial charge is 0.315 e. The second kappa shape index (κ2) is 7.57. The Balaban J connectivity index is 2.21. The SMILES string of the molecule is CCOc1cc(/C=N/NC(=O)c2sc(N)nc2C)cc([N+](=O)[O-])c1O. The molecule has 132 valence electrons. The maximum absolute atomic E-state index is 12.0. The highest BCUT2D eigenvalue weighted by molar-refractivity contribution is 7.17. The maximum Gasteiger partial charge on any atom is 0.315 e. The van der Waals surface area contributed by atoms with Crippen molar-refractivity contribution >= 4 is 34.3 Å². The highest BCUT2D eigenvalue weighted by Crippen LogP contribution is 2.36. The summed E-state index contributed by atoms with van der Waals surface area (Å²) in [5, 5.41) is 24.8. The van der Waals surface area contributed by atoms with Crippen LogP contribution >= 0.6 is 11.3 Å². The molecule has 0 fully saturated rings. The molecule has 0 aliphatic carbocycles. The molecule has 10 nitrogen and oxygen atoms in total. The molecule has 0 bridgehead atoms. The van der Waals surface area contributed by atoms with Crippen LogP contribution in [0.15, 0.2) is 17.2 Å². The van der Waals surface area contributed by atoms with Gasteiger partial charge >= 0.3 is 5.69 Å². The van der Waals surface area contributed by atoms with Crippen LogP contribution in [0.1, 0.15) is 27.9 Å². The summed E-state index contributed by atoms with van der Waals surface area (Å²) in [5.41, 5.74) is 8.05. The van der Waals surface area contributed by atoms with Gasteiger partial charge < -0.3 is 15.6 Å². The van der Waals surface area contributed by atoms with Crippen molar-refractivity contribution in [2.24, 2.45) is 5.10 Å². The lowest BCUT2D eigenvalue weighted by Crippen LogP contribution is -2.17. The number of phenolic OH excluding ortho intramolecular Hbond substituents is 1. The number of benzene rings is 1. The Morgan fingerprint density at radius 2 is 2.32 bits per heavy atom. The summed E-state index contributed by atoms with van der Waals surface area (Å²) in [6, 6.07) is 2.49. The molecule has 0 aliphatic heterocycles. The van der Waals surface area contributed by atoms with E-state index in [0.29, 0.717) is 10.6 Å². The Morgan fingerprint density at radius 1 is 1.60 bits per heavy atom. The standard InChI is InChI=1S/C14H15N5O5S/c1-3-24-10-5-8(4-9(11(10)20)19(22)23)6-16-18-13(21)12-7(2)17-14(15)25-12/h4-6,20H,3H2,1-2H3,(H2,15,17)(H,18,21)/b16-6+. The summed E-state index contributed by atoms with van der Waals surface area (Å²) < 4.78 is 5.16. The van der Waals surface area contributed by atoms with E-state index in [1.807, 2.05) is 0 Å². The third-order valence-corrected chi connectivity index (χ3v) is 3.96. The molecule has 25 heavy (non-hydrogen) atoms. The van der Waals surface area contributed by atoms with E-state index in [1.165, 1.54) is 12.3 Å². The van der Waals surface area contributed by atoms with Gasteiger partial charge in [0.15, 0.2) is 10.9 Å². The molecule has 0 radical (unpaired) electrons. The van der Waals surface area contributed by atoms with E-state index in [4.69, 9.17) is 10.5 Å². The van der Waals surface area contributed by atoms with Gasteiger partial charge in [-0.3, -0.25) is 14.9 Å². The second-order valence-corrected chi connectivity index (χ2v) is 5.77. The van der Waals surface area contributed by atoms with Crippen molar-refractivity contribution in [3.05, 3.63) is 38.4 Å². The van der Waals surface area contributed by atoms with Crippen molar-refractivity contribution in [1.82, 2.24) is 10.4 Å². The monoisotopic (exact) mass is 365 g/mol. The van der Waals surface area contributed by atoms with E-state index < -0.39 is 22.3 Å². The third-order valence-electron chi connectivity index (χ3n) is 2.97. The molecule has 0 atom stereocenters. The van der Waals surface area contributed by atoms with Gasteiger partial charge in [-0.1, -0.05) is 11.3 Å². The summed E-state index contributed by atoms with van der Waals surface area (Å²) >= 11 is 1.02. The number of nitro groups is 1. The number of amides is 1. The average molecular weight is 365 g/mol. The Morgan fingerprint density at radius 3 is 2.88 bits per heavy atom. The average Bonchev–Trinajstić information content (AvgIpc) is 2.88. The molecule has 0 aliphatic rings. The fraction of sp³-hybridized carbons (Fsp3) is 0.214. The molecule has 0 spiro atoms. The summed E-state index contributed by atoms with van der Waals surface area (Å²) in [6.07, 6.45) is 1.20. The Kier molecular flexibility index (Phi) is 5.49. The highest BCUT2D eigenvalue weighted by Gasteiger charge is 2.20. The lowest BCUT2D eigenvalue weighted by molar-refractivity contribution is -0.386. The number of nitrogen functional groups attached to an aromatic ring is 1. The van der Waals surface area contributed by atoms with Crippen LogP contribution in [-0.2, 0) is 0 Å². The minimum absolute atomic E-state index is 0.0458. The zero-order valence-electron chi connectivity index (χ0n) is 13.3. The summed E-state index contributed by atoms with van der Waals surface area (Å²) in [4.78, 5) is 26.5. The zero-order chi connectivity index (χ0) is 18.6. The van der Waals surface area contributed by atoms with Gasteiger partial charge in [0, 0.05) is 11.6 Å². The molecule has 1 aromatic carbocycles. The van der Waals surface area contributed by atoms with Gasteiger partial charge in [-0.25, -0.2) is 10.4 Å². The lowest BCUT2D eigenvalue weighted by Gasteiger charge is -2.07. The first-order chi connectivity index (χ1) is 11.8. The predicted molar refractivity (Wildman–Crippen MR) is 92.3 cm³/mol. The Hall–Kier alpha value is -3.21. The predicted octanol–water partition coefficient (Wildman–Crippen LogP) is 1.81. The van der Waals surface area contributed by atoms with Crippen molar-refractivity contribution in [3.8, 4) is 11.5 Å². The number of hydrazone groups is 1. The molecule has 2 rings (SSSR count). The van der Waals surface area contributed by atoms with E-state index in [0.717, 1.165) is 17.4 Å². The number of ether oxygens (including phenoxy) is 1. The highest BCUT2D eigenvalue weighted by atomic mass is 32.1. The first-order valence-corrected chi connectivity index (χ1v) is 7.85. The van der Waals surface area contributed by atoms with Crippen molar-refractivity contribution in [2.75, 3.05) is 12.3 Å². The van der Waals surface area contributed by atoms with E-state index in [1.54, 1.807) is 13.8 Å². The zero-order valence-corrected chi connectivity index (χ0v) is 14.2. The third kappa shape index (κ3) is 4.20. The number of carbonyl (C=O) groups is 1. The van der Waals surface area contributed by atoms with E-state index in [-0.39, 0.29) is 23.1 Å². The van der Waals surface area contributed by atoms with Gasteiger partial charge in [-0.15, -0.1) is 0 Å². The molecule has 0 saturated heterocycles. The molecule has 11 heteroatoms. The van der Waals surface area contributed by atoms with Crippen LogP contribution in [0.4, 0.5) is 10.8 Å². The number of aromatic hydroxyl groups is 1. The number of thiazole rings is 1. The summed E-state index contributed by atoms with van der Waals surface area (Å²) in [5.74, 6) is -1.11. The largest absolute Gasteiger partial charge is 0.500 e. The number of anilines is 1. The van der Waals surface area contributed by atoms with E-state index in [9.17, 15) is 20.0 Å².